The van der Waals surface area contributed by atoms with Gasteiger partial charge in [-0.05, 0) is 115 Å². The van der Waals surface area contributed by atoms with Gasteiger partial charge in [-0.3, -0.25) is 15.4 Å². The van der Waals surface area contributed by atoms with Crippen LogP contribution in [0.2, 0.25) is 0 Å². The number of likely N-dealkylation sites (N-methyl/N-ethyl adjacent to an activating group) is 1. The number of anilines is 4. The maximum atomic E-state index is 12.6. The Kier molecular flexibility index (Phi) is 24.4. The van der Waals surface area contributed by atoms with Gasteiger partial charge in [-0.25, -0.2) is 29.5 Å². The normalized spacial score (nSPS) is 12.1. The van der Waals surface area contributed by atoms with Gasteiger partial charge < -0.3 is 45.6 Å². The van der Waals surface area contributed by atoms with Gasteiger partial charge in [-0.1, -0.05) is 34.1 Å². The first-order valence-corrected chi connectivity index (χ1v) is 24.4. The molecule has 6 aromatic rings. The summed E-state index contributed by atoms with van der Waals surface area (Å²) in [6.45, 7) is 7.14. The molecule has 0 spiro atoms. The molecule has 18 nitrogen and oxygen atoms in total. The summed E-state index contributed by atoms with van der Waals surface area (Å²) in [5, 5.41) is 10.3. The van der Waals surface area contributed by atoms with Crippen molar-refractivity contribution in [3.63, 3.8) is 0 Å². The van der Waals surface area contributed by atoms with Crippen LogP contribution in [0, 0.1) is 0 Å². The summed E-state index contributed by atoms with van der Waals surface area (Å²) in [5.41, 5.74) is 18.2. The molecule has 0 saturated heterocycles. The van der Waals surface area contributed by atoms with Crippen LogP contribution in [0.4, 0.5) is 32.9 Å². The number of benzene rings is 1. The molecule has 8 rings (SSSR count). The van der Waals surface area contributed by atoms with E-state index in [9.17, 15) is 14.4 Å². The number of pyridine rings is 4. The van der Waals surface area contributed by atoms with E-state index in [1.54, 1.807) is 79.9 Å². The van der Waals surface area contributed by atoms with Gasteiger partial charge in [0.2, 0.25) is 5.91 Å². The summed E-state index contributed by atoms with van der Waals surface area (Å²) >= 11 is 13.3. The lowest BCUT2D eigenvalue weighted by Crippen LogP contribution is -2.35. The molecule has 7 N–H and O–H groups in total. The lowest BCUT2D eigenvalue weighted by molar-refractivity contribution is -0.125. The topological polar surface area (TPSA) is 232 Å². The van der Waals surface area contributed by atoms with E-state index in [0.29, 0.717) is 42.9 Å². The van der Waals surface area contributed by atoms with Crippen LogP contribution in [0.1, 0.15) is 40.4 Å². The number of nitrogens with zero attached hydrogens (tertiary/aromatic N) is 8. The van der Waals surface area contributed by atoms with Gasteiger partial charge in [0.25, 0.3) is 0 Å². The minimum atomic E-state index is -0.168. The Labute approximate surface area is 436 Å². The summed E-state index contributed by atoms with van der Waals surface area (Å²) in [5.74, 6) is 2.32. The summed E-state index contributed by atoms with van der Waals surface area (Å²) in [7, 11) is 10.8. The minimum Gasteiger partial charge on any atom is -0.385 e. The molecule has 0 radical (unpaired) electrons. The molecule has 5 aromatic heterocycles. The third-order valence-electron chi connectivity index (χ3n) is 9.86. The number of aryl methyl sites for hydroxylation is 1. The summed E-state index contributed by atoms with van der Waals surface area (Å²) in [6, 6.07) is 17.8. The molecule has 1 aromatic carbocycles. The smallest absolute Gasteiger partial charge is 0.323 e. The van der Waals surface area contributed by atoms with Crippen LogP contribution in [0.25, 0.3) is 17.0 Å². The zero-order valence-corrected chi connectivity index (χ0v) is 45.7. The first kappa shape index (κ1) is 57.5. The standard InChI is InChI=1S/C22H23N5O2.C8H8BrN3O.C7H10BrN3.C6H6Br2N2.C3H8O.CH2O/c1-25(14-18-11-16-6-4-5-7-19(16)27(18)3)20(28)9-8-15-10-17-13-26(2)22(29)24-21(17)23-12-15;1-12-4-5-2-6(9)3-10-7(5)11-8(12)13;1-10-3-5-2-6(8)4-11-7(5)9;7-2-4-1-5(8)3-10-6(4)9;1-3-4-2;1-2/h4-12H,13-14H2,1-3H3,(H,23,24,29);2-3H,4H2,1H3,(H,10,11,13);2,4,10H,3H2,1H3,(H2,9,11);1,3H,2H2,(H2,9,10);3H2,1-2H3;1H2/b9-8+;;;;;. The molecular formula is C47H57Br4N13O5. The Hall–Kier alpha value is -5.78. The van der Waals surface area contributed by atoms with E-state index >= 15 is 0 Å². The fraction of sp³-hybridized carbons (Fsp3) is 0.277. The number of methoxy groups -OCH3 is 1. The predicted octanol–water partition coefficient (Wildman–Crippen LogP) is 8.98. The van der Waals surface area contributed by atoms with Crippen LogP contribution < -0.4 is 27.4 Å². The van der Waals surface area contributed by atoms with Crippen LogP contribution in [0.5, 0.6) is 0 Å². The molecule has 0 unspecified atom stereocenters. The number of fused-ring (bicyclic) bond motifs is 3. The first-order chi connectivity index (χ1) is 33.0. The highest BCUT2D eigenvalue weighted by molar-refractivity contribution is 9.11. The summed E-state index contributed by atoms with van der Waals surface area (Å²) < 4.78 is 9.49. The highest BCUT2D eigenvalue weighted by atomic mass is 79.9. The van der Waals surface area contributed by atoms with Crippen molar-refractivity contribution in [1.29, 1.82) is 0 Å². The minimum absolute atomic E-state index is 0.0848. The Balaban J connectivity index is 0.000000261. The van der Waals surface area contributed by atoms with Gasteiger partial charge in [0.1, 0.15) is 30.1 Å². The molecule has 0 aliphatic carbocycles. The number of hydrogen-bond acceptors (Lipinski definition) is 12. The van der Waals surface area contributed by atoms with Gasteiger partial charge in [-0.2, -0.15) is 0 Å². The number of ether oxygens (including phenoxy) is 1. The van der Waals surface area contributed by atoms with Crippen LogP contribution in [-0.2, 0) is 52.9 Å². The van der Waals surface area contributed by atoms with E-state index in [4.69, 9.17) is 16.3 Å². The number of halogens is 4. The number of carbonyl (C=O) groups excluding carboxylic acids is 4. The Bertz CT molecular complexity index is 2690. The highest BCUT2D eigenvalue weighted by Gasteiger charge is 2.21. The second-order valence-corrected chi connectivity index (χ2v) is 18.2. The Morgan fingerprint density at radius 3 is 1.87 bits per heavy atom. The maximum Gasteiger partial charge on any atom is 0.323 e. The van der Waals surface area contributed by atoms with Gasteiger partial charge in [-0.15, -0.1) is 0 Å². The third kappa shape index (κ3) is 17.9. The highest BCUT2D eigenvalue weighted by Crippen LogP contribution is 2.24. The second kappa shape index (κ2) is 29.3. The van der Waals surface area contributed by atoms with Crippen molar-refractivity contribution in [1.82, 2.24) is 44.5 Å². The van der Waals surface area contributed by atoms with Crippen molar-refractivity contribution in [2.75, 3.05) is 64.0 Å². The van der Waals surface area contributed by atoms with Gasteiger partial charge in [0.05, 0.1) is 19.6 Å². The number of nitrogens with two attached hydrogens (primary N) is 2. The SMILES string of the molecule is C=O.CCOC.CN(Cc1cc2ccccc2n1C)C(=O)/C=C/c1cnc2c(c1)CN(C)C(=O)N2.CN1Cc2cc(Br)cnc2NC1=O.CNCc1cc(Br)cnc1N.Nc1ncc(Br)cc1CBr. The van der Waals surface area contributed by atoms with Crippen molar-refractivity contribution in [2.24, 2.45) is 7.05 Å². The lowest BCUT2D eigenvalue weighted by Gasteiger charge is -2.25. The number of rotatable bonds is 8. The van der Waals surface area contributed by atoms with E-state index in [-0.39, 0.29) is 18.0 Å². The molecule has 2 aliphatic rings. The average molecular weight is 1200 g/mol. The zero-order chi connectivity index (χ0) is 51.2. The number of nitrogen functional groups attached to an aromatic ring is 2. The van der Waals surface area contributed by atoms with E-state index in [1.807, 2.05) is 64.2 Å². The van der Waals surface area contributed by atoms with Crippen molar-refractivity contribution in [3.05, 3.63) is 132 Å². The predicted molar refractivity (Wildman–Crippen MR) is 288 cm³/mol. The number of alkyl halides is 1. The van der Waals surface area contributed by atoms with Crippen LogP contribution in [0.3, 0.4) is 0 Å². The maximum absolute atomic E-state index is 12.6. The molecular weight excluding hydrogens is 1150 g/mol. The Morgan fingerprint density at radius 1 is 0.826 bits per heavy atom. The molecule has 0 bridgehead atoms. The first-order valence-electron chi connectivity index (χ1n) is 20.9. The Morgan fingerprint density at radius 2 is 1.33 bits per heavy atom. The van der Waals surface area contributed by atoms with E-state index in [0.717, 1.165) is 70.9 Å². The third-order valence-corrected chi connectivity index (χ3v) is 11.8. The van der Waals surface area contributed by atoms with Crippen molar-refractivity contribution in [3.8, 4) is 0 Å². The number of urea groups is 2. The van der Waals surface area contributed by atoms with Gasteiger partial charge >= 0.3 is 12.1 Å². The second-order valence-electron chi connectivity index (χ2n) is 14.9. The monoisotopic (exact) mass is 1200 g/mol. The fourth-order valence-corrected chi connectivity index (χ4v) is 7.74. The number of nitrogens with one attached hydrogen (secondary N) is 3. The van der Waals surface area contributed by atoms with Gasteiger partial charge in [0, 0.05) is 132 Å². The molecule has 2 aliphatic heterocycles. The number of hydrogen-bond donors (Lipinski definition) is 5. The molecule has 368 valence electrons. The van der Waals surface area contributed by atoms with E-state index < -0.39 is 0 Å². The average Bonchev–Trinajstić information content (AvgIpc) is 3.66. The van der Waals surface area contributed by atoms with E-state index in [1.165, 1.54) is 5.39 Å². The zero-order valence-electron chi connectivity index (χ0n) is 39.4. The van der Waals surface area contributed by atoms with Gasteiger partial charge in [0.15, 0.2) is 0 Å². The number of para-hydroxylation sites is 1. The van der Waals surface area contributed by atoms with Crippen LogP contribution >= 0.6 is 63.7 Å². The molecule has 69 heavy (non-hydrogen) atoms. The number of amides is 5. The van der Waals surface area contributed by atoms with Crippen molar-refractivity contribution in [2.45, 2.75) is 38.4 Å². The quantitative estimate of drug-likeness (QED) is 0.0710. The largest absolute Gasteiger partial charge is 0.385 e. The summed E-state index contributed by atoms with van der Waals surface area (Å²) in [4.78, 5) is 64.7. The molecule has 22 heteroatoms. The molecule has 7 heterocycles. The molecule has 0 saturated carbocycles. The molecule has 5 amide bonds. The summed E-state index contributed by atoms with van der Waals surface area (Å²) in [6.07, 6.45) is 10.00. The van der Waals surface area contributed by atoms with Crippen molar-refractivity contribution >= 4 is 129 Å². The molecule has 0 atom stereocenters. The van der Waals surface area contributed by atoms with Crippen LogP contribution in [-0.4, -0.2) is 106 Å². The lowest BCUT2D eigenvalue weighted by atomic mass is 10.1. The fourth-order valence-electron chi connectivity index (χ4n) is 6.15. The number of carbonyl (C=O) groups is 4. The molecule has 0 fully saturated rings. The van der Waals surface area contributed by atoms with Crippen molar-refractivity contribution < 1.29 is 23.9 Å². The van der Waals surface area contributed by atoms with Crippen LogP contribution in [0.15, 0.2) is 98.9 Å². The van der Waals surface area contributed by atoms with E-state index in [2.05, 4.69) is 127 Å². The number of aromatic nitrogens is 5.